The van der Waals surface area contributed by atoms with Crippen LogP contribution in [0.15, 0.2) is 67.2 Å². The number of carbonyl (C=O) groups excluding carboxylic acids is 2. The molecule has 4 nitrogen and oxygen atoms in total. The monoisotopic (exact) mass is 448 g/mol. The predicted molar refractivity (Wildman–Crippen MR) is 124 cm³/mol. The number of amides is 1. The molecule has 1 fully saturated rings. The Kier molecular flexibility index (Phi) is 6.19. The zero-order valence-electron chi connectivity index (χ0n) is 17.4. The van der Waals surface area contributed by atoms with E-state index in [4.69, 9.17) is 11.6 Å². The van der Waals surface area contributed by atoms with Gasteiger partial charge >= 0.3 is 0 Å². The maximum absolute atomic E-state index is 13.2. The number of anilines is 1. The Balaban J connectivity index is 1.58. The summed E-state index contributed by atoms with van der Waals surface area (Å²) in [7, 11) is 0. The summed E-state index contributed by atoms with van der Waals surface area (Å²) in [6, 6.07) is 16.2. The SMILES string of the molecule is C=Cc1nc(C2(C(=O)Cc3ccc(F)cc3)CCC2)ccc1NC(=O)c1cccc(Cl)c1. The van der Waals surface area contributed by atoms with Gasteiger partial charge < -0.3 is 5.32 Å². The van der Waals surface area contributed by atoms with Crippen molar-refractivity contribution in [2.24, 2.45) is 0 Å². The fraction of sp³-hybridized carbons (Fsp3) is 0.192. The molecule has 0 radical (unpaired) electrons. The Hall–Kier alpha value is -3.31. The normalized spacial score (nSPS) is 14.3. The molecule has 0 saturated heterocycles. The molecule has 4 rings (SSSR count). The minimum atomic E-state index is -0.665. The van der Waals surface area contributed by atoms with E-state index < -0.39 is 5.41 Å². The van der Waals surface area contributed by atoms with Crippen molar-refractivity contribution in [1.82, 2.24) is 4.98 Å². The second-order valence-electron chi connectivity index (χ2n) is 7.96. The minimum Gasteiger partial charge on any atom is -0.320 e. The van der Waals surface area contributed by atoms with E-state index >= 15 is 0 Å². The van der Waals surface area contributed by atoms with Crippen LogP contribution in [0.3, 0.4) is 0 Å². The summed E-state index contributed by atoms with van der Waals surface area (Å²) in [5.74, 6) is -0.572. The van der Waals surface area contributed by atoms with Crippen LogP contribution in [0.2, 0.25) is 5.02 Å². The van der Waals surface area contributed by atoms with E-state index in [0.29, 0.717) is 40.5 Å². The van der Waals surface area contributed by atoms with Crippen LogP contribution in [0.25, 0.3) is 6.08 Å². The van der Waals surface area contributed by atoms with Crippen LogP contribution in [0, 0.1) is 5.82 Å². The summed E-state index contributed by atoms with van der Waals surface area (Å²) in [5, 5.41) is 3.32. The maximum Gasteiger partial charge on any atom is 0.255 e. The van der Waals surface area contributed by atoms with Gasteiger partial charge in [-0.2, -0.15) is 0 Å². The summed E-state index contributed by atoms with van der Waals surface area (Å²) in [6.45, 7) is 3.82. The molecule has 162 valence electrons. The van der Waals surface area contributed by atoms with Crippen LogP contribution in [0.4, 0.5) is 10.1 Å². The highest BCUT2D eigenvalue weighted by Crippen LogP contribution is 2.45. The summed E-state index contributed by atoms with van der Waals surface area (Å²) < 4.78 is 13.2. The Morgan fingerprint density at radius 2 is 1.88 bits per heavy atom. The van der Waals surface area contributed by atoms with Crippen LogP contribution in [-0.2, 0) is 16.6 Å². The lowest BCUT2D eigenvalue weighted by Crippen LogP contribution is -2.44. The molecule has 3 aromatic rings. The number of nitrogens with zero attached hydrogens (tertiary/aromatic N) is 1. The molecule has 1 aliphatic rings. The maximum atomic E-state index is 13.2. The Morgan fingerprint density at radius 1 is 1.12 bits per heavy atom. The van der Waals surface area contributed by atoms with E-state index in [1.54, 1.807) is 54.6 Å². The van der Waals surface area contributed by atoms with Gasteiger partial charge in [-0.3, -0.25) is 14.6 Å². The average molecular weight is 449 g/mol. The van der Waals surface area contributed by atoms with E-state index in [2.05, 4.69) is 16.9 Å². The molecule has 1 amide bonds. The molecule has 1 saturated carbocycles. The van der Waals surface area contributed by atoms with E-state index in [9.17, 15) is 14.0 Å². The molecule has 0 unspecified atom stereocenters. The minimum absolute atomic E-state index is 0.0635. The van der Waals surface area contributed by atoms with Gasteiger partial charge in [-0.05, 0) is 66.9 Å². The lowest BCUT2D eigenvalue weighted by atomic mass is 9.62. The Bertz CT molecular complexity index is 1190. The number of hydrogen-bond acceptors (Lipinski definition) is 3. The summed E-state index contributed by atoms with van der Waals surface area (Å²) in [5.41, 5.74) is 2.22. The number of benzene rings is 2. The highest BCUT2D eigenvalue weighted by molar-refractivity contribution is 6.31. The number of ketones is 1. The smallest absolute Gasteiger partial charge is 0.255 e. The lowest BCUT2D eigenvalue weighted by Gasteiger charge is -2.40. The van der Waals surface area contributed by atoms with E-state index in [1.165, 1.54) is 12.1 Å². The lowest BCUT2D eigenvalue weighted by molar-refractivity contribution is -0.127. The van der Waals surface area contributed by atoms with Gasteiger partial charge in [0.05, 0.1) is 22.5 Å². The second-order valence-corrected chi connectivity index (χ2v) is 8.40. The van der Waals surface area contributed by atoms with Crippen molar-refractivity contribution in [3.05, 3.63) is 101 Å². The van der Waals surface area contributed by atoms with Crippen molar-refractivity contribution in [2.45, 2.75) is 31.1 Å². The zero-order chi connectivity index (χ0) is 22.7. The number of pyridine rings is 1. The molecule has 2 aromatic carbocycles. The van der Waals surface area contributed by atoms with Gasteiger partial charge in [0.1, 0.15) is 11.6 Å². The van der Waals surface area contributed by atoms with Crippen molar-refractivity contribution < 1.29 is 14.0 Å². The number of rotatable bonds is 7. The zero-order valence-corrected chi connectivity index (χ0v) is 18.2. The summed E-state index contributed by atoms with van der Waals surface area (Å²) in [4.78, 5) is 30.5. The van der Waals surface area contributed by atoms with E-state index in [1.807, 2.05) is 0 Å². The highest BCUT2D eigenvalue weighted by atomic mass is 35.5. The first-order valence-electron chi connectivity index (χ1n) is 10.4. The quantitative estimate of drug-likeness (QED) is 0.482. The summed E-state index contributed by atoms with van der Waals surface area (Å²) >= 11 is 5.98. The third-order valence-electron chi connectivity index (χ3n) is 5.96. The molecule has 0 bridgehead atoms. The van der Waals surface area contributed by atoms with Crippen molar-refractivity contribution in [2.75, 3.05) is 5.32 Å². The van der Waals surface area contributed by atoms with Crippen LogP contribution in [0.1, 0.15) is 46.6 Å². The predicted octanol–water partition coefficient (Wildman–Crippen LogP) is 6.00. The van der Waals surface area contributed by atoms with Gasteiger partial charge in [-0.25, -0.2) is 4.39 Å². The molecule has 0 aliphatic heterocycles. The third-order valence-corrected chi connectivity index (χ3v) is 6.20. The molecule has 6 heteroatoms. The number of nitrogens with one attached hydrogen (secondary N) is 1. The first kappa shape index (κ1) is 21.9. The summed E-state index contributed by atoms with van der Waals surface area (Å²) in [6.07, 6.45) is 4.15. The number of carbonyl (C=O) groups is 2. The van der Waals surface area contributed by atoms with Crippen molar-refractivity contribution in [3.8, 4) is 0 Å². The number of hydrogen-bond donors (Lipinski definition) is 1. The molecule has 32 heavy (non-hydrogen) atoms. The average Bonchev–Trinajstić information content (AvgIpc) is 2.75. The van der Waals surface area contributed by atoms with Gasteiger partial charge in [0.2, 0.25) is 0 Å². The number of Topliss-reactive ketones (excluding diaryl/α,β-unsaturated/α-hetero) is 1. The molecular formula is C26H22ClFN2O2. The van der Waals surface area contributed by atoms with Crippen molar-refractivity contribution in [3.63, 3.8) is 0 Å². The first-order valence-corrected chi connectivity index (χ1v) is 10.8. The van der Waals surface area contributed by atoms with Gasteiger partial charge in [0, 0.05) is 17.0 Å². The Labute approximate surface area is 191 Å². The van der Waals surface area contributed by atoms with Crippen LogP contribution < -0.4 is 5.32 Å². The third kappa shape index (κ3) is 4.34. The molecule has 1 aromatic heterocycles. The molecule has 0 spiro atoms. The van der Waals surface area contributed by atoms with Crippen molar-refractivity contribution in [1.29, 1.82) is 0 Å². The molecule has 1 N–H and O–H groups in total. The van der Waals surface area contributed by atoms with Gasteiger partial charge in [0.15, 0.2) is 0 Å². The molecule has 1 heterocycles. The van der Waals surface area contributed by atoms with Gasteiger partial charge in [-0.1, -0.05) is 42.8 Å². The second kappa shape index (κ2) is 9.05. The van der Waals surface area contributed by atoms with Crippen LogP contribution in [0.5, 0.6) is 0 Å². The fourth-order valence-corrected chi connectivity index (χ4v) is 4.18. The van der Waals surface area contributed by atoms with Crippen LogP contribution in [-0.4, -0.2) is 16.7 Å². The number of aromatic nitrogens is 1. The standard InChI is InChI=1S/C26H22ClFN2O2/c1-2-21-22(30-25(32)18-5-3-6-19(27)16-18)11-12-23(29-21)26(13-4-14-26)24(31)15-17-7-9-20(28)10-8-17/h2-3,5-12,16H,1,4,13-15H2,(H,30,32). The first-order chi connectivity index (χ1) is 15.4. The molecular weight excluding hydrogens is 427 g/mol. The van der Waals surface area contributed by atoms with Gasteiger partial charge in [0.25, 0.3) is 5.91 Å². The topological polar surface area (TPSA) is 59.1 Å². The van der Waals surface area contributed by atoms with Crippen molar-refractivity contribution >= 4 is 35.1 Å². The molecule has 1 aliphatic carbocycles. The Morgan fingerprint density at radius 3 is 2.50 bits per heavy atom. The van der Waals surface area contributed by atoms with Gasteiger partial charge in [-0.15, -0.1) is 0 Å². The van der Waals surface area contributed by atoms with E-state index in [-0.39, 0.29) is 23.9 Å². The van der Waals surface area contributed by atoms with E-state index in [0.717, 1.165) is 12.0 Å². The fourth-order valence-electron chi connectivity index (χ4n) is 3.99. The van der Waals surface area contributed by atoms with Crippen LogP contribution >= 0.6 is 11.6 Å². The number of halogens is 2. The largest absolute Gasteiger partial charge is 0.320 e. The molecule has 0 atom stereocenters. The highest BCUT2D eigenvalue weighted by Gasteiger charge is 2.46.